The van der Waals surface area contributed by atoms with Crippen molar-refractivity contribution in [3.05, 3.63) is 23.8 Å². The van der Waals surface area contributed by atoms with Gasteiger partial charge in [0.25, 0.3) is 0 Å². The highest BCUT2D eigenvalue weighted by molar-refractivity contribution is 7.80. The summed E-state index contributed by atoms with van der Waals surface area (Å²) in [6.07, 6.45) is 1.65. The highest BCUT2D eigenvalue weighted by atomic mass is 32.1. The van der Waals surface area contributed by atoms with Crippen molar-refractivity contribution in [1.29, 1.82) is 0 Å². The van der Waals surface area contributed by atoms with Crippen LogP contribution >= 0.6 is 12.2 Å². The first-order chi connectivity index (χ1) is 10.1. The quantitative estimate of drug-likeness (QED) is 0.821. The van der Waals surface area contributed by atoms with E-state index in [1.807, 2.05) is 18.2 Å². The third-order valence-corrected chi connectivity index (χ3v) is 4.14. The number of hydrogen-bond donors (Lipinski definition) is 2. The minimum Gasteiger partial charge on any atom is -0.497 e. The van der Waals surface area contributed by atoms with E-state index < -0.39 is 0 Å². The smallest absolute Gasteiger partial charge is 0.222 e. The van der Waals surface area contributed by atoms with E-state index in [4.69, 9.17) is 22.7 Å². The molecule has 0 saturated carbocycles. The van der Waals surface area contributed by atoms with E-state index in [-0.39, 0.29) is 11.8 Å². The lowest BCUT2D eigenvalue weighted by Gasteiger charge is -2.34. The van der Waals surface area contributed by atoms with Crippen LogP contribution in [0.5, 0.6) is 5.75 Å². The van der Waals surface area contributed by atoms with Gasteiger partial charge in [-0.25, -0.2) is 0 Å². The predicted octanol–water partition coefficient (Wildman–Crippen LogP) is 1.29. The molecule has 1 aliphatic rings. The number of benzene rings is 1. The van der Waals surface area contributed by atoms with Crippen molar-refractivity contribution in [3.63, 3.8) is 0 Å². The topological polar surface area (TPSA) is 67.6 Å². The maximum atomic E-state index is 11.7. The average Bonchev–Trinajstić information content (AvgIpc) is 2.53. The number of methoxy groups -OCH3 is 1. The van der Waals surface area contributed by atoms with Crippen molar-refractivity contribution in [2.45, 2.75) is 12.8 Å². The molecule has 0 unspecified atom stereocenters. The first kappa shape index (κ1) is 15.6. The molecule has 1 aromatic rings. The van der Waals surface area contributed by atoms with Gasteiger partial charge in [0.15, 0.2) is 0 Å². The summed E-state index contributed by atoms with van der Waals surface area (Å²) in [5, 5.41) is 2.72. The lowest BCUT2D eigenvalue weighted by Crippen LogP contribution is -2.40. The number of anilines is 1. The summed E-state index contributed by atoms with van der Waals surface area (Å²) in [5.41, 5.74) is 7.64. The molecule has 3 N–H and O–H groups in total. The van der Waals surface area contributed by atoms with Gasteiger partial charge in [0, 0.05) is 37.7 Å². The number of carbonyl (C=O) groups is 1. The second kappa shape index (κ2) is 6.76. The van der Waals surface area contributed by atoms with Crippen LogP contribution in [0.1, 0.15) is 18.4 Å². The van der Waals surface area contributed by atoms with Gasteiger partial charge in [-0.1, -0.05) is 12.2 Å². The Bertz CT molecular complexity index is 540. The number of nitrogens with two attached hydrogens (primary N) is 1. The van der Waals surface area contributed by atoms with E-state index in [1.54, 1.807) is 14.2 Å². The van der Waals surface area contributed by atoms with Gasteiger partial charge >= 0.3 is 0 Å². The molecule has 21 heavy (non-hydrogen) atoms. The molecule has 5 nitrogen and oxygen atoms in total. The zero-order chi connectivity index (χ0) is 15.4. The monoisotopic (exact) mass is 307 g/mol. The van der Waals surface area contributed by atoms with Crippen molar-refractivity contribution < 1.29 is 9.53 Å². The zero-order valence-corrected chi connectivity index (χ0v) is 13.2. The van der Waals surface area contributed by atoms with E-state index >= 15 is 0 Å². The third-order valence-electron chi connectivity index (χ3n) is 3.92. The summed E-state index contributed by atoms with van der Waals surface area (Å²) in [7, 11) is 3.32. The Labute approximate surface area is 130 Å². The highest BCUT2D eigenvalue weighted by Gasteiger charge is 2.25. The normalized spacial score (nSPS) is 15.6. The number of hydrogen-bond acceptors (Lipinski definition) is 4. The number of ether oxygens (including phenoxy) is 1. The van der Waals surface area contributed by atoms with Crippen LogP contribution in [0.2, 0.25) is 0 Å². The van der Waals surface area contributed by atoms with Gasteiger partial charge < -0.3 is 20.7 Å². The third kappa shape index (κ3) is 3.44. The fourth-order valence-electron chi connectivity index (χ4n) is 2.70. The van der Waals surface area contributed by atoms with Crippen LogP contribution in [-0.4, -0.2) is 38.1 Å². The van der Waals surface area contributed by atoms with Gasteiger partial charge in [-0.2, -0.15) is 0 Å². The van der Waals surface area contributed by atoms with Crippen molar-refractivity contribution in [2.75, 3.05) is 32.1 Å². The standard InChI is InChI=1S/C15H21N3O2S/c1-17-15(19)10-5-7-18(8-6-10)13-9-11(20-2)3-4-12(13)14(16)21/h3-4,9-10H,5-8H2,1-2H3,(H2,16,21)(H,17,19). The van der Waals surface area contributed by atoms with Crippen LogP contribution in [0.25, 0.3) is 0 Å². The molecule has 0 atom stereocenters. The molecule has 1 heterocycles. The van der Waals surface area contributed by atoms with Crippen molar-refractivity contribution in [1.82, 2.24) is 5.32 Å². The minimum atomic E-state index is 0.0881. The van der Waals surface area contributed by atoms with Crippen LogP contribution in [-0.2, 0) is 4.79 Å². The second-order valence-electron chi connectivity index (χ2n) is 5.12. The second-order valence-corrected chi connectivity index (χ2v) is 5.56. The Balaban J connectivity index is 2.19. The predicted molar refractivity (Wildman–Crippen MR) is 87.9 cm³/mol. The minimum absolute atomic E-state index is 0.0881. The van der Waals surface area contributed by atoms with Crippen molar-refractivity contribution in [3.8, 4) is 5.75 Å². The number of piperidine rings is 1. The van der Waals surface area contributed by atoms with E-state index in [0.717, 1.165) is 42.9 Å². The van der Waals surface area contributed by atoms with Crippen LogP contribution in [0.3, 0.4) is 0 Å². The molecule has 114 valence electrons. The molecule has 1 amide bonds. The van der Waals surface area contributed by atoms with Gasteiger partial charge in [0.2, 0.25) is 5.91 Å². The molecule has 0 spiro atoms. The largest absolute Gasteiger partial charge is 0.497 e. The number of nitrogens with zero attached hydrogens (tertiary/aromatic N) is 1. The number of nitrogens with one attached hydrogen (secondary N) is 1. The molecular weight excluding hydrogens is 286 g/mol. The number of rotatable bonds is 4. The van der Waals surface area contributed by atoms with E-state index in [2.05, 4.69) is 10.2 Å². The van der Waals surface area contributed by atoms with Gasteiger partial charge in [0.05, 0.1) is 12.8 Å². The maximum Gasteiger partial charge on any atom is 0.222 e. The molecule has 0 bridgehead atoms. The van der Waals surface area contributed by atoms with Crippen LogP contribution < -0.4 is 20.7 Å². The molecule has 1 saturated heterocycles. The van der Waals surface area contributed by atoms with E-state index in [9.17, 15) is 4.79 Å². The van der Waals surface area contributed by atoms with E-state index in [1.165, 1.54) is 0 Å². The molecule has 1 aromatic carbocycles. The fourth-order valence-corrected chi connectivity index (χ4v) is 2.87. The maximum absolute atomic E-state index is 11.7. The molecule has 0 radical (unpaired) electrons. The summed E-state index contributed by atoms with van der Waals surface area (Å²) in [6, 6.07) is 5.70. The van der Waals surface area contributed by atoms with Gasteiger partial charge in [-0.3, -0.25) is 4.79 Å². The number of carbonyl (C=O) groups excluding carboxylic acids is 1. The zero-order valence-electron chi connectivity index (χ0n) is 12.4. The molecular formula is C15H21N3O2S. The lowest BCUT2D eigenvalue weighted by molar-refractivity contribution is -0.125. The Morgan fingerprint density at radius 1 is 1.43 bits per heavy atom. The SMILES string of the molecule is CNC(=O)C1CCN(c2cc(OC)ccc2C(N)=S)CC1. The summed E-state index contributed by atoms with van der Waals surface area (Å²) < 4.78 is 5.28. The molecule has 6 heteroatoms. The highest BCUT2D eigenvalue weighted by Crippen LogP contribution is 2.30. The van der Waals surface area contributed by atoms with Gasteiger partial charge in [-0.15, -0.1) is 0 Å². The van der Waals surface area contributed by atoms with Crippen molar-refractivity contribution >= 4 is 28.8 Å². The Morgan fingerprint density at radius 3 is 2.62 bits per heavy atom. The summed E-state index contributed by atoms with van der Waals surface area (Å²) in [5.74, 6) is 0.985. The van der Waals surface area contributed by atoms with Crippen LogP contribution in [0.4, 0.5) is 5.69 Å². The Kier molecular flexibility index (Phi) is 5.01. The first-order valence-corrected chi connectivity index (χ1v) is 7.42. The average molecular weight is 307 g/mol. The molecule has 1 fully saturated rings. The lowest BCUT2D eigenvalue weighted by atomic mass is 9.95. The first-order valence-electron chi connectivity index (χ1n) is 7.01. The van der Waals surface area contributed by atoms with Gasteiger partial charge in [0.1, 0.15) is 10.7 Å². The fraction of sp³-hybridized carbons (Fsp3) is 0.467. The van der Waals surface area contributed by atoms with Crippen LogP contribution in [0, 0.1) is 5.92 Å². The summed E-state index contributed by atoms with van der Waals surface area (Å²) in [4.78, 5) is 14.3. The molecule has 2 rings (SSSR count). The Hall–Kier alpha value is -1.82. The summed E-state index contributed by atoms with van der Waals surface area (Å²) in [6.45, 7) is 1.61. The number of amides is 1. The van der Waals surface area contributed by atoms with E-state index in [0.29, 0.717) is 4.99 Å². The Morgan fingerprint density at radius 2 is 2.10 bits per heavy atom. The van der Waals surface area contributed by atoms with Crippen molar-refractivity contribution in [2.24, 2.45) is 11.7 Å². The molecule has 0 aliphatic carbocycles. The van der Waals surface area contributed by atoms with Crippen LogP contribution in [0.15, 0.2) is 18.2 Å². The number of thiocarbonyl (C=S) groups is 1. The van der Waals surface area contributed by atoms with Gasteiger partial charge in [-0.05, 0) is 25.0 Å². The summed E-state index contributed by atoms with van der Waals surface area (Å²) >= 11 is 5.13. The molecule has 0 aromatic heterocycles. The molecule has 1 aliphatic heterocycles.